The second kappa shape index (κ2) is 9.21. The number of benzene rings is 1. The van der Waals surface area contributed by atoms with Gasteiger partial charge in [0.2, 0.25) is 10.0 Å². The van der Waals surface area contributed by atoms with E-state index in [0.717, 1.165) is 60.3 Å². The average Bonchev–Trinajstić information content (AvgIpc) is 3.47. The summed E-state index contributed by atoms with van der Waals surface area (Å²) in [6.07, 6.45) is 7.59. The molecule has 1 aliphatic carbocycles. The fraction of sp³-hybridized carbons (Fsp3) is 0.455. The molecule has 2 aliphatic rings. The van der Waals surface area contributed by atoms with Gasteiger partial charge < -0.3 is 16.4 Å². The molecule has 0 amide bonds. The smallest absolute Gasteiger partial charge is 0.243 e. The summed E-state index contributed by atoms with van der Waals surface area (Å²) in [7, 11) is -3.43. The number of sulfonamides is 1. The highest BCUT2D eigenvalue weighted by atomic mass is 79.9. The quantitative estimate of drug-likeness (QED) is 0.442. The first-order valence-corrected chi connectivity index (χ1v) is 13.6. The first-order chi connectivity index (χ1) is 15.9. The molecule has 1 saturated carbocycles. The molecule has 33 heavy (non-hydrogen) atoms. The lowest BCUT2D eigenvalue weighted by molar-refractivity contribution is 0.410. The third-order valence-corrected chi connectivity index (χ3v) is 8.84. The molecule has 1 aliphatic heterocycles. The number of hydrogen-bond acceptors (Lipinski definition) is 7. The Kier molecular flexibility index (Phi) is 6.30. The first-order valence-electron chi connectivity index (χ1n) is 11.3. The van der Waals surface area contributed by atoms with Crippen LogP contribution in [-0.2, 0) is 10.0 Å². The van der Waals surface area contributed by atoms with Crippen LogP contribution in [0.5, 0.6) is 0 Å². The van der Waals surface area contributed by atoms with E-state index in [1.165, 1.54) is 0 Å². The van der Waals surface area contributed by atoms with Crippen molar-refractivity contribution in [3.05, 3.63) is 41.1 Å². The fourth-order valence-electron chi connectivity index (χ4n) is 4.52. The molecule has 0 unspecified atom stereocenters. The van der Waals surface area contributed by atoms with Crippen molar-refractivity contribution in [3.8, 4) is 0 Å². The maximum atomic E-state index is 12.8. The lowest BCUT2D eigenvalue weighted by atomic mass is 9.92. The van der Waals surface area contributed by atoms with Gasteiger partial charge in [0.05, 0.1) is 16.8 Å². The van der Waals surface area contributed by atoms with Gasteiger partial charge in [-0.05, 0) is 78.7 Å². The highest BCUT2D eigenvalue weighted by Crippen LogP contribution is 2.29. The van der Waals surface area contributed by atoms with E-state index in [0.29, 0.717) is 29.7 Å². The lowest BCUT2D eigenvalue weighted by Gasteiger charge is -2.27. The van der Waals surface area contributed by atoms with E-state index >= 15 is 0 Å². The number of fused-ring (bicyclic) bond motifs is 1. The number of rotatable bonds is 6. The summed E-state index contributed by atoms with van der Waals surface area (Å²) in [6, 6.07) is 9.44. The zero-order valence-electron chi connectivity index (χ0n) is 18.2. The highest BCUT2D eigenvalue weighted by molar-refractivity contribution is 9.10. The van der Waals surface area contributed by atoms with E-state index in [-0.39, 0.29) is 6.04 Å². The normalized spacial score (nSPS) is 22.0. The zero-order chi connectivity index (χ0) is 23.0. The van der Waals surface area contributed by atoms with Gasteiger partial charge in [0.15, 0.2) is 5.65 Å². The van der Waals surface area contributed by atoms with Gasteiger partial charge in [-0.15, -0.1) is 5.10 Å². The summed E-state index contributed by atoms with van der Waals surface area (Å²) >= 11 is 3.51. The van der Waals surface area contributed by atoms with Crippen LogP contribution in [0.25, 0.3) is 5.65 Å². The van der Waals surface area contributed by atoms with Crippen LogP contribution in [0.3, 0.4) is 0 Å². The summed E-state index contributed by atoms with van der Waals surface area (Å²) in [6.45, 7) is 1.18. The number of halogens is 1. The first kappa shape index (κ1) is 22.6. The Morgan fingerprint density at radius 1 is 1.06 bits per heavy atom. The Morgan fingerprint density at radius 3 is 2.45 bits per heavy atom. The van der Waals surface area contributed by atoms with Crippen LogP contribution >= 0.6 is 15.9 Å². The van der Waals surface area contributed by atoms with E-state index in [4.69, 9.17) is 5.73 Å². The Morgan fingerprint density at radius 2 is 1.76 bits per heavy atom. The van der Waals surface area contributed by atoms with Gasteiger partial charge >= 0.3 is 0 Å². The summed E-state index contributed by atoms with van der Waals surface area (Å²) in [4.78, 5) is 4.78. The average molecular weight is 534 g/mol. The van der Waals surface area contributed by atoms with E-state index < -0.39 is 10.0 Å². The largest absolute Gasteiger partial charge is 0.366 e. The Hall–Kier alpha value is -2.21. The number of anilines is 3. The van der Waals surface area contributed by atoms with Crippen molar-refractivity contribution in [3.63, 3.8) is 0 Å². The molecule has 11 heteroatoms. The molecule has 5 rings (SSSR count). The molecule has 2 fully saturated rings. The van der Waals surface area contributed by atoms with Gasteiger partial charge in [-0.2, -0.15) is 4.31 Å². The standard InChI is InChI=1S/C22H28BrN7O2S/c23-20-14-25-22-19(13-21(28-30(20)22)27-17-5-3-15(24)4-6-17)26-16-7-9-18(10-8-16)33(31,32)29-11-1-2-12-29/h7-10,13-15,17,26H,1-6,11-12,24H2,(H,27,28). The predicted molar refractivity (Wildman–Crippen MR) is 132 cm³/mol. The van der Waals surface area contributed by atoms with Gasteiger partial charge in [0.1, 0.15) is 10.4 Å². The molecule has 0 spiro atoms. The highest BCUT2D eigenvalue weighted by Gasteiger charge is 2.27. The maximum absolute atomic E-state index is 12.8. The van der Waals surface area contributed by atoms with Crippen molar-refractivity contribution in [1.29, 1.82) is 0 Å². The van der Waals surface area contributed by atoms with Crippen LogP contribution in [0.2, 0.25) is 0 Å². The second-order valence-electron chi connectivity index (χ2n) is 8.78. The van der Waals surface area contributed by atoms with Crippen LogP contribution < -0.4 is 16.4 Å². The van der Waals surface area contributed by atoms with Gasteiger partial charge in [0, 0.05) is 36.9 Å². The van der Waals surface area contributed by atoms with Crippen LogP contribution in [0.4, 0.5) is 17.2 Å². The van der Waals surface area contributed by atoms with Crippen LogP contribution in [0.1, 0.15) is 38.5 Å². The third-order valence-electron chi connectivity index (χ3n) is 6.39. The molecule has 1 aromatic carbocycles. The van der Waals surface area contributed by atoms with Crippen molar-refractivity contribution in [2.24, 2.45) is 5.73 Å². The molecule has 0 bridgehead atoms. The summed E-state index contributed by atoms with van der Waals surface area (Å²) in [5.41, 5.74) is 8.27. The second-order valence-corrected chi connectivity index (χ2v) is 11.5. The molecule has 3 heterocycles. The van der Waals surface area contributed by atoms with Gasteiger partial charge in [-0.3, -0.25) is 0 Å². The third kappa shape index (κ3) is 4.72. The summed E-state index contributed by atoms with van der Waals surface area (Å²) < 4.78 is 29.6. The number of nitrogens with zero attached hydrogens (tertiary/aromatic N) is 4. The van der Waals surface area contributed by atoms with Gasteiger partial charge in [-0.25, -0.2) is 17.9 Å². The van der Waals surface area contributed by atoms with Crippen molar-refractivity contribution in [1.82, 2.24) is 18.9 Å². The van der Waals surface area contributed by atoms with E-state index in [1.54, 1.807) is 39.3 Å². The minimum Gasteiger partial charge on any atom is -0.366 e. The van der Waals surface area contributed by atoms with Crippen LogP contribution in [0.15, 0.2) is 46.0 Å². The molecule has 1 saturated heterocycles. The molecule has 0 radical (unpaired) electrons. The van der Waals surface area contributed by atoms with E-state index in [2.05, 4.69) is 36.6 Å². The topological polar surface area (TPSA) is 118 Å². The Bertz CT molecular complexity index is 1230. The zero-order valence-corrected chi connectivity index (χ0v) is 20.6. The Labute approximate surface area is 201 Å². The van der Waals surface area contributed by atoms with Crippen molar-refractivity contribution in [2.45, 2.75) is 55.5 Å². The van der Waals surface area contributed by atoms with Crippen molar-refractivity contribution < 1.29 is 8.42 Å². The van der Waals surface area contributed by atoms with Gasteiger partial charge in [0.25, 0.3) is 0 Å². The lowest BCUT2D eigenvalue weighted by Crippen LogP contribution is -2.33. The molecule has 2 aromatic heterocycles. The molecule has 3 aromatic rings. The fourth-order valence-corrected chi connectivity index (χ4v) is 6.39. The van der Waals surface area contributed by atoms with E-state index in [1.807, 2.05) is 6.07 Å². The molecule has 0 atom stereocenters. The SMILES string of the molecule is NC1CCC(Nc2cc(Nc3ccc(S(=O)(=O)N4CCCC4)cc3)c3ncc(Br)n3n2)CC1. The number of aromatic nitrogens is 3. The van der Waals surface area contributed by atoms with Crippen LogP contribution in [-0.4, -0.2) is 52.5 Å². The van der Waals surface area contributed by atoms with Crippen LogP contribution in [0, 0.1) is 0 Å². The van der Waals surface area contributed by atoms with Crippen molar-refractivity contribution >= 4 is 48.8 Å². The molecular weight excluding hydrogens is 506 g/mol. The number of nitrogens with one attached hydrogen (secondary N) is 2. The molecule has 9 nitrogen and oxygen atoms in total. The number of imidazole rings is 1. The number of hydrogen-bond donors (Lipinski definition) is 3. The van der Waals surface area contributed by atoms with Crippen molar-refractivity contribution in [2.75, 3.05) is 23.7 Å². The predicted octanol–water partition coefficient (Wildman–Crippen LogP) is 3.70. The minimum atomic E-state index is -3.43. The monoisotopic (exact) mass is 533 g/mol. The van der Waals surface area contributed by atoms with Gasteiger partial charge in [-0.1, -0.05) is 0 Å². The summed E-state index contributed by atoms with van der Waals surface area (Å²) in [5.74, 6) is 0.748. The maximum Gasteiger partial charge on any atom is 0.243 e. The van der Waals surface area contributed by atoms with E-state index in [9.17, 15) is 8.42 Å². The molecular formula is C22H28BrN7O2S. The molecule has 176 valence electrons. The minimum absolute atomic E-state index is 0.288. The number of nitrogens with two attached hydrogens (primary N) is 1. The molecule has 4 N–H and O–H groups in total. The summed E-state index contributed by atoms with van der Waals surface area (Å²) in [5, 5.41) is 11.6. The Balaban J connectivity index is 1.39.